The highest BCUT2D eigenvalue weighted by atomic mass is 16.4. The monoisotopic (exact) mass is 265 g/mol. The van der Waals surface area contributed by atoms with Crippen LogP contribution >= 0.6 is 0 Å². The molecule has 0 fully saturated rings. The molecule has 0 aliphatic carbocycles. The van der Waals surface area contributed by atoms with Gasteiger partial charge < -0.3 is 15.1 Å². The quantitative estimate of drug-likeness (QED) is 0.789. The molecule has 0 heterocycles. The van der Waals surface area contributed by atoms with E-state index in [1.807, 2.05) is 36.9 Å². The summed E-state index contributed by atoms with van der Waals surface area (Å²) in [6.45, 7) is 4.56. The second-order valence-corrected chi connectivity index (χ2v) is 4.49. The minimum Gasteiger partial charge on any atom is -0.481 e. The topological polar surface area (TPSA) is 77.8 Å². The maximum absolute atomic E-state index is 10.7. The summed E-state index contributed by atoms with van der Waals surface area (Å²) in [5, 5.41) is 17.5. The molecule has 0 aliphatic rings. The molecule has 2 N–H and O–H groups in total. The number of aryl methyl sites for hydroxylation is 1. The molecule has 0 saturated heterocycles. The average molecular weight is 265 g/mol. The summed E-state index contributed by atoms with van der Waals surface area (Å²) in [4.78, 5) is 23.2. The van der Waals surface area contributed by atoms with E-state index in [1.165, 1.54) is 0 Å². The lowest BCUT2D eigenvalue weighted by Gasteiger charge is -2.26. The first-order valence-corrected chi connectivity index (χ1v) is 6.16. The number of aliphatic carboxylic acids is 2. The first kappa shape index (κ1) is 15.0. The first-order valence-electron chi connectivity index (χ1n) is 6.16. The van der Waals surface area contributed by atoms with Crippen molar-refractivity contribution in [1.29, 1.82) is 0 Å². The molecular weight excluding hydrogens is 246 g/mol. The van der Waals surface area contributed by atoms with Gasteiger partial charge in [0.25, 0.3) is 0 Å². The molecular formula is C14H19NO4. The van der Waals surface area contributed by atoms with Gasteiger partial charge in [-0.25, -0.2) is 0 Å². The van der Waals surface area contributed by atoms with Crippen molar-refractivity contribution in [2.45, 2.75) is 26.7 Å². The third-order valence-corrected chi connectivity index (χ3v) is 3.11. The second-order valence-electron chi connectivity index (χ2n) is 4.49. The number of hydrogen-bond donors (Lipinski definition) is 2. The van der Waals surface area contributed by atoms with Gasteiger partial charge in [0.15, 0.2) is 0 Å². The van der Waals surface area contributed by atoms with Crippen LogP contribution < -0.4 is 4.90 Å². The average Bonchev–Trinajstić information content (AvgIpc) is 2.33. The smallest absolute Gasteiger partial charge is 0.305 e. The summed E-state index contributed by atoms with van der Waals surface area (Å²) < 4.78 is 0. The van der Waals surface area contributed by atoms with Crippen LogP contribution in [-0.4, -0.2) is 35.2 Å². The standard InChI is InChI=1S/C14H19NO4/c1-10-4-3-5-12(11(10)2)15(8-6-13(16)17)9-7-14(18)19/h3-5H,6-9H2,1-2H3,(H,16,17)(H,18,19). The fraction of sp³-hybridized carbons (Fsp3) is 0.429. The van der Waals surface area contributed by atoms with E-state index in [0.717, 1.165) is 16.8 Å². The summed E-state index contributed by atoms with van der Waals surface area (Å²) in [6.07, 6.45) is -0.0139. The lowest BCUT2D eigenvalue weighted by atomic mass is 10.1. The number of carbonyl (C=O) groups is 2. The molecule has 19 heavy (non-hydrogen) atoms. The molecule has 0 amide bonds. The molecule has 0 spiro atoms. The van der Waals surface area contributed by atoms with Gasteiger partial charge in [-0.05, 0) is 31.0 Å². The van der Waals surface area contributed by atoms with Crippen LogP contribution in [0, 0.1) is 13.8 Å². The van der Waals surface area contributed by atoms with Crippen molar-refractivity contribution >= 4 is 17.6 Å². The number of carboxylic acids is 2. The lowest BCUT2D eigenvalue weighted by Crippen LogP contribution is -2.29. The molecule has 0 radical (unpaired) electrons. The normalized spacial score (nSPS) is 10.2. The van der Waals surface area contributed by atoms with Gasteiger partial charge >= 0.3 is 11.9 Å². The van der Waals surface area contributed by atoms with Crippen molar-refractivity contribution in [2.24, 2.45) is 0 Å². The van der Waals surface area contributed by atoms with Crippen LogP contribution in [0.5, 0.6) is 0 Å². The zero-order valence-corrected chi connectivity index (χ0v) is 11.2. The van der Waals surface area contributed by atoms with Crippen molar-refractivity contribution in [2.75, 3.05) is 18.0 Å². The summed E-state index contributed by atoms with van der Waals surface area (Å²) in [5.41, 5.74) is 3.06. The van der Waals surface area contributed by atoms with Gasteiger partial charge in [-0.2, -0.15) is 0 Å². The highest BCUT2D eigenvalue weighted by Crippen LogP contribution is 2.23. The van der Waals surface area contributed by atoms with Crippen LogP contribution in [0.25, 0.3) is 0 Å². The van der Waals surface area contributed by atoms with Crippen molar-refractivity contribution in [3.05, 3.63) is 29.3 Å². The van der Waals surface area contributed by atoms with Crippen LogP contribution in [0.3, 0.4) is 0 Å². The Labute approximate surface area is 112 Å². The minimum absolute atomic E-state index is 0.00694. The molecule has 0 unspecified atom stereocenters. The van der Waals surface area contributed by atoms with E-state index in [9.17, 15) is 9.59 Å². The zero-order chi connectivity index (χ0) is 14.4. The molecule has 1 aromatic carbocycles. The Kier molecular flexibility index (Phi) is 5.36. The maximum Gasteiger partial charge on any atom is 0.305 e. The number of carboxylic acid groups (broad SMARTS) is 2. The molecule has 5 heteroatoms. The fourth-order valence-corrected chi connectivity index (χ4v) is 1.89. The van der Waals surface area contributed by atoms with E-state index in [0.29, 0.717) is 13.1 Å². The maximum atomic E-state index is 10.7. The van der Waals surface area contributed by atoms with Crippen molar-refractivity contribution in [3.8, 4) is 0 Å². The summed E-state index contributed by atoms with van der Waals surface area (Å²) in [7, 11) is 0. The van der Waals surface area contributed by atoms with Crippen LogP contribution in [0.1, 0.15) is 24.0 Å². The van der Waals surface area contributed by atoms with Crippen LogP contribution in [0.15, 0.2) is 18.2 Å². The van der Waals surface area contributed by atoms with E-state index in [1.54, 1.807) is 0 Å². The number of hydrogen-bond acceptors (Lipinski definition) is 3. The zero-order valence-electron chi connectivity index (χ0n) is 11.2. The van der Waals surface area contributed by atoms with Gasteiger partial charge in [0, 0.05) is 18.8 Å². The van der Waals surface area contributed by atoms with Crippen molar-refractivity contribution in [1.82, 2.24) is 0 Å². The Morgan fingerprint density at radius 3 is 2.05 bits per heavy atom. The SMILES string of the molecule is Cc1cccc(N(CCC(=O)O)CCC(=O)O)c1C. The molecule has 0 aromatic heterocycles. The van der Waals surface area contributed by atoms with E-state index >= 15 is 0 Å². The largest absolute Gasteiger partial charge is 0.481 e. The van der Waals surface area contributed by atoms with Gasteiger partial charge in [0.05, 0.1) is 12.8 Å². The van der Waals surface area contributed by atoms with Gasteiger partial charge in [-0.1, -0.05) is 12.1 Å². The van der Waals surface area contributed by atoms with Crippen LogP contribution in [-0.2, 0) is 9.59 Å². The number of rotatable bonds is 7. The number of anilines is 1. The predicted molar refractivity (Wildman–Crippen MR) is 72.6 cm³/mol. The summed E-state index contributed by atoms with van der Waals surface area (Å²) in [5.74, 6) is -1.77. The Morgan fingerprint density at radius 2 is 1.58 bits per heavy atom. The van der Waals surface area contributed by atoms with Crippen LogP contribution in [0.4, 0.5) is 5.69 Å². The van der Waals surface area contributed by atoms with Gasteiger partial charge in [-0.3, -0.25) is 9.59 Å². The molecule has 0 saturated carbocycles. The van der Waals surface area contributed by atoms with Gasteiger partial charge in [0.1, 0.15) is 0 Å². The van der Waals surface area contributed by atoms with Gasteiger partial charge in [-0.15, -0.1) is 0 Å². The summed E-state index contributed by atoms with van der Waals surface area (Å²) in [6, 6.07) is 5.77. The van der Waals surface area contributed by atoms with Gasteiger partial charge in [0.2, 0.25) is 0 Å². The Balaban J connectivity index is 2.90. The molecule has 5 nitrogen and oxygen atoms in total. The lowest BCUT2D eigenvalue weighted by molar-refractivity contribution is -0.137. The van der Waals surface area contributed by atoms with E-state index in [2.05, 4.69) is 0 Å². The predicted octanol–water partition coefficient (Wildman–Crippen LogP) is 2.06. The third kappa shape index (κ3) is 4.62. The highest BCUT2D eigenvalue weighted by Gasteiger charge is 2.13. The molecule has 1 aromatic rings. The molecule has 1 rings (SSSR count). The number of nitrogens with zero attached hydrogens (tertiary/aromatic N) is 1. The third-order valence-electron chi connectivity index (χ3n) is 3.11. The molecule has 104 valence electrons. The Bertz CT molecular complexity index is 453. The number of benzene rings is 1. The van der Waals surface area contributed by atoms with E-state index in [4.69, 9.17) is 10.2 Å². The van der Waals surface area contributed by atoms with Crippen molar-refractivity contribution < 1.29 is 19.8 Å². The summed E-state index contributed by atoms with van der Waals surface area (Å²) >= 11 is 0. The molecule has 0 bridgehead atoms. The minimum atomic E-state index is -0.884. The Morgan fingerprint density at radius 1 is 1.05 bits per heavy atom. The first-order chi connectivity index (χ1) is 8.91. The van der Waals surface area contributed by atoms with E-state index < -0.39 is 11.9 Å². The second kappa shape index (κ2) is 6.78. The van der Waals surface area contributed by atoms with Crippen LogP contribution in [0.2, 0.25) is 0 Å². The molecule has 0 aliphatic heterocycles. The Hall–Kier alpha value is -2.04. The highest BCUT2D eigenvalue weighted by molar-refractivity contribution is 5.69. The van der Waals surface area contributed by atoms with E-state index in [-0.39, 0.29) is 12.8 Å². The molecule has 0 atom stereocenters. The fourth-order valence-electron chi connectivity index (χ4n) is 1.89. The van der Waals surface area contributed by atoms with Crippen molar-refractivity contribution in [3.63, 3.8) is 0 Å².